The molecule has 0 radical (unpaired) electrons. The molecule has 0 saturated heterocycles. The zero-order valence-corrected chi connectivity index (χ0v) is 38.2. The van der Waals surface area contributed by atoms with Crippen LogP contribution in [-0.4, -0.2) is 111 Å². The quantitative estimate of drug-likeness (QED) is 0.0748. The molecule has 4 bridgehead atoms. The number of unbranched alkanes of at least 4 members (excludes halogenated alkanes) is 8. The number of amides is 5. The van der Waals surface area contributed by atoms with Crippen molar-refractivity contribution in [1.82, 2.24) is 31.5 Å². The molecule has 5 amide bonds. The first-order valence-electron chi connectivity index (χ1n) is 22.4. The van der Waals surface area contributed by atoms with Crippen molar-refractivity contribution in [1.29, 1.82) is 0 Å². The van der Waals surface area contributed by atoms with E-state index in [0.29, 0.717) is 34.5 Å². The smallest absolute Gasteiger partial charge is 0.247 e. The molecule has 16 heteroatoms. The summed E-state index contributed by atoms with van der Waals surface area (Å²) in [4.78, 5) is 78.9. The van der Waals surface area contributed by atoms with Crippen molar-refractivity contribution in [2.24, 2.45) is 11.5 Å². The zero-order valence-electron chi connectivity index (χ0n) is 38.2. The Hall–Kier alpha value is -5.06. The summed E-state index contributed by atoms with van der Waals surface area (Å²) in [6.07, 6.45) is 12.3. The van der Waals surface area contributed by atoms with Crippen LogP contribution in [0.1, 0.15) is 122 Å². The van der Waals surface area contributed by atoms with Gasteiger partial charge in [0.25, 0.3) is 0 Å². The van der Waals surface area contributed by atoms with Crippen molar-refractivity contribution in [2.45, 2.75) is 124 Å². The van der Waals surface area contributed by atoms with Crippen LogP contribution >= 0.6 is 0 Å². The molecule has 2 atom stereocenters. The van der Waals surface area contributed by atoms with Crippen LogP contribution in [0.15, 0.2) is 36.4 Å². The second kappa shape index (κ2) is 32.6. The molecule has 0 fully saturated rings. The van der Waals surface area contributed by atoms with Crippen LogP contribution in [-0.2, 0) is 35.2 Å². The predicted octanol–water partition coefficient (Wildman–Crippen LogP) is 3.77. The van der Waals surface area contributed by atoms with E-state index in [-0.39, 0.29) is 56.5 Å². The number of ether oxygens (including phenoxy) is 1. The van der Waals surface area contributed by atoms with E-state index in [4.69, 9.17) is 16.2 Å². The molecular weight excluding hydrogens is 793 g/mol. The highest BCUT2D eigenvalue weighted by atomic mass is 16.5. The highest BCUT2D eigenvalue weighted by Gasteiger charge is 2.31. The van der Waals surface area contributed by atoms with Gasteiger partial charge in [-0.25, -0.2) is 0 Å². The second-order valence-corrected chi connectivity index (χ2v) is 15.0. The van der Waals surface area contributed by atoms with E-state index in [1.54, 1.807) is 30.3 Å². The van der Waals surface area contributed by atoms with Crippen molar-refractivity contribution in [2.75, 3.05) is 59.5 Å². The minimum absolute atomic E-state index is 0.00368. The van der Waals surface area contributed by atoms with Crippen LogP contribution in [0.3, 0.4) is 0 Å². The van der Waals surface area contributed by atoms with Gasteiger partial charge < -0.3 is 52.8 Å². The molecule has 1 aliphatic rings. The van der Waals surface area contributed by atoms with Crippen LogP contribution in [0.5, 0.6) is 11.5 Å². The third-order valence-corrected chi connectivity index (χ3v) is 9.83. The van der Waals surface area contributed by atoms with Gasteiger partial charge >= 0.3 is 0 Å². The fraction of sp³-hybridized carbons (Fsp3) is 0.609. The van der Waals surface area contributed by atoms with Crippen LogP contribution in [0.2, 0.25) is 0 Å². The molecule has 0 aromatic heterocycles. The number of phenols is 1. The van der Waals surface area contributed by atoms with E-state index in [0.717, 1.165) is 25.9 Å². The number of nitrogens with two attached hydrogens (primary N) is 2. The van der Waals surface area contributed by atoms with E-state index in [1.807, 2.05) is 13.8 Å². The summed E-state index contributed by atoms with van der Waals surface area (Å²) in [5.74, 6) is -2.97. The number of likely N-dealkylation sites (N-methyl/N-ethyl adjacent to an activating group) is 1. The molecular formula is C46H76N8O8. The number of fused-ring (bicyclic) bond motifs is 5. The fourth-order valence-corrected chi connectivity index (χ4v) is 6.44. The SMILES string of the molecule is CC.CCCCCCCCCCNCCC(=O)NCC(=O)N(C)C1C(=O)NCC(=O)NC(C(=O)NCC(C)=O)Cc2ccc(O)c(c2)-c2cc1ccc2OCCN.CCCCN. The number of nitrogens with one attached hydrogen (secondary N) is 5. The Labute approximate surface area is 369 Å². The fourth-order valence-electron chi connectivity index (χ4n) is 6.44. The van der Waals surface area contributed by atoms with Gasteiger partial charge in [-0.05, 0) is 68.2 Å². The third-order valence-electron chi connectivity index (χ3n) is 9.83. The molecule has 0 aliphatic carbocycles. The largest absolute Gasteiger partial charge is 0.507 e. The molecule has 1 heterocycles. The maximum atomic E-state index is 13.8. The van der Waals surface area contributed by atoms with Gasteiger partial charge in [-0.15, -0.1) is 0 Å². The van der Waals surface area contributed by atoms with Crippen molar-refractivity contribution in [3.05, 3.63) is 47.5 Å². The second-order valence-electron chi connectivity index (χ2n) is 15.0. The van der Waals surface area contributed by atoms with Gasteiger partial charge in [0.15, 0.2) is 0 Å². The third kappa shape index (κ3) is 21.1. The van der Waals surface area contributed by atoms with E-state index in [9.17, 15) is 33.9 Å². The van der Waals surface area contributed by atoms with Crippen LogP contribution in [0, 0.1) is 0 Å². The zero-order chi connectivity index (χ0) is 46.3. The topological polar surface area (TPSA) is 247 Å². The van der Waals surface area contributed by atoms with E-state index in [2.05, 4.69) is 40.4 Å². The lowest BCUT2D eigenvalue weighted by molar-refractivity contribution is -0.140. The number of ketones is 1. The first-order chi connectivity index (χ1) is 29.9. The summed E-state index contributed by atoms with van der Waals surface area (Å²) >= 11 is 0. The van der Waals surface area contributed by atoms with E-state index >= 15 is 0 Å². The normalized spacial score (nSPS) is 14.6. The molecule has 2 unspecified atom stereocenters. The monoisotopic (exact) mass is 869 g/mol. The first kappa shape index (κ1) is 55.0. The number of carbonyl (C=O) groups is 6. The number of hydrogen-bond donors (Lipinski definition) is 8. The predicted molar refractivity (Wildman–Crippen MR) is 244 cm³/mol. The lowest BCUT2D eigenvalue weighted by Crippen LogP contribution is -2.52. The maximum absolute atomic E-state index is 13.8. The summed E-state index contributed by atoms with van der Waals surface area (Å²) in [5, 5.41) is 24.6. The molecule has 0 saturated carbocycles. The maximum Gasteiger partial charge on any atom is 0.247 e. The van der Waals surface area contributed by atoms with Crippen molar-refractivity contribution in [3.63, 3.8) is 0 Å². The standard InChI is InChI=1S/C40H59N7O8.C4H11N.C2H6/c1-4-5-6-7-8-9-10-11-18-42-19-16-35(50)43-26-37(52)47(3)38-29-13-15-34(55-20-17-41)31(23-29)30-21-28(12-14-33(30)49)22-32(39(53)44-24-27(2)48)46-36(51)25-45-40(38)54;1-2-3-4-5;1-2/h12-15,21,23,32,38,42,49H,4-11,16-20,22,24-26,41H2,1-3H3,(H,43,50)(H,44,53)(H,45,54)(H,46,51);2-5H2,1H3;1-2H3. The summed E-state index contributed by atoms with van der Waals surface area (Å²) in [7, 11) is 1.42. The molecule has 62 heavy (non-hydrogen) atoms. The van der Waals surface area contributed by atoms with Crippen molar-refractivity contribution < 1.29 is 38.6 Å². The number of hydrogen-bond acceptors (Lipinski definition) is 11. The van der Waals surface area contributed by atoms with Crippen LogP contribution < -0.4 is 42.8 Å². The number of Topliss-reactive ketones (excluding diaryl/α,β-unsaturated/α-hetero) is 1. The minimum atomic E-state index is -1.28. The summed E-state index contributed by atoms with van der Waals surface area (Å²) in [5.41, 5.74) is 12.4. The molecule has 10 N–H and O–H groups in total. The number of rotatable bonds is 23. The molecule has 1 aliphatic heterocycles. The highest BCUT2D eigenvalue weighted by Crippen LogP contribution is 2.39. The molecule has 16 nitrogen and oxygen atoms in total. The van der Waals surface area contributed by atoms with Gasteiger partial charge in [0.1, 0.15) is 36.0 Å². The Kier molecular flexibility index (Phi) is 28.9. The summed E-state index contributed by atoms with van der Waals surface area (Å²) < 4.78 is 5.91. The Morgan fingerprint density at radius 3 is 2.15 bits per heavy atom. The number of nitrogens with zero attached hydrogens (tertiary/aromatic N) is 1. The number of carbonyl (C=O) groups excluding carboxylic acids is 6. The first-order valence-corrected chi connectivity index (χ1v) is 22.4. The Bertz CT molecular complexity index is 1670. The molecule has 2 aromatic carbocycles. The molecule has 0 spiro atoms. The Balaban J connectivity index is 0.00000255. The van der Waals surface area contributed by atoms with Crippen LogP contribution in [0.4, 0.5) is 0 Å². The van der Waals surface area contributed by atoms with Gasteiger partial charge in [-0.1, -0.05) is 91.2 Å². The van der Waals surface area contributed by atoms with Gasteiger partial charge in [0, 0.05) is 44.1 Å². The number of phenolic OH excluding ortho intramolecular Hbond substituents is 1. The van der Waals surface area contributed by atoms with Crippen molar-refractivity contribution in [3.8, 4) is 22.6 Å². The Morgan fingerprint density at radius 1 is 0.839 bits per heavy atom. The lowest BCUT2D eigenvalue weighted by Gasteiger charge is -2.29. The average Bonchev–Trinajstić information content (AvgIpc) is 3.26. The highest BCUT2D eigenvalue weighted by molar-refractivity contribution is 5.95. The summed E-state index contributed by atoms with van der Waals surface area (Å²) in [6.45, 7) is 11.0. The van der Waals surface area contributed by atoms with Gasteiger partial charge in [-0.3, -0.25) is 28.8 Å². The summed E-state index contributed by atoms with van der Waals surface area (Å²) in [6, 6.07) is 7.08. The van der Waals surface area contributed by atoms with Gasteiger partial charge in [0.2, 0.25) is 29.5 Å². The van der Waals surface area contributed by atoms with Gasteiger partial charge in [-0.2, -0.15) is 0 Å². The Morgan fingerprint density at radius 2 is 1.52 bits per heavy atom. The van der Waals surface area contributed by atoms with Gasteiger partial charge in [0.05, 0.1) is 19.6 Å². The number of aromatic hydroxyl groups is 1. The molecule has 2 aromatic rings. The molecule has 348 valence electrons. The van der Waals surface area contributed by atoms with E-state index in [1.165, 1.54) is 76.3 Å². The van der Waals surface area contributed by atoms with Crippen molar-refractivity contribution >= 4 is 35.3 Å². The number of benzene rings is 2. The van der Waals surface area contributed by atoms with Crippen LogP contribution in [0.25, 0.3) is 11.1 Å². The molecule has 3 rings (SSSR count). The lowest BCUT2D eigenvalue weighted by atomic mass is 9.94. The minimum Gasteiger partial charge on any atom is -0.507 e. The average molecular weight is 869 g/mol. The van der Waals surface area contributed by atoms with E-state index < -0.39 is 42.3 Å².